The van der Waals surface area contributed by atoms with E-state index >= 15 is 0 Å². The number of nitrogens with one attached hydrogen (secondary N) is 1. The summed E-state index contributed by atoms with van der Waals surface area (Å²) in [6, 6.07) is 7.86. The van der Waals surface area contributed by atoms with E-state index in [1.54, 1.807) is 16.2 Å². The van der Waals surface area contributed by atoms with Gasteiger partial charge in [0.2, 0.25) is 5.91 Å². The standard InChI is InChI=1S/C18H22N2O2S/c1-3-8-19-17(22)18(2)7-9-20(12-18)16(21)14-4-5-15-13(11-14)6-10-23-15/h4-6,10-11H,3,7-9,12H2,1-2H3,(H,19,22). The maximum atomic E-state index is 12.7. The monoisotopic (exact) mass is 330 g/mol. The summed E-state index contributed by atoms with van der Waals surface area (Å²) < 4.78 is 1.19. The SMILES string of the molecule is CCCNC(=O)C1(C)CCN(C(=O)c2ccc3sccc3c2)C1. The van der Waals surface area contributed by atoms with E-state index in [0.717, 1.165) is 18.2 Å². The second-order valence-corrected chi connectivity index (χ2v) is 7.41. The van der Waals surface area contributed by atoms with E-state index in [-0.39, 0.29) is 11.8 Å². The van der Waals surface area contributed by atoms with Crippen LogP contribution in [0.2, 0.25) is 0 Å². The summed E-state index contributed by atoms with van der Waals surface area (Å²) in [5, 5.41) is 6.09. The van der Waals surface area contributed by atoms with E-state index in [9.17, 15) is 9.59 Å². The Hall–Kier alpha value is -1.88. The summed E-state index contributed by atoms with van der Waals surface area (Å²) in [6.45, 7) is 5.80. The summed E-state index contributed by atoms with van der Waals surface area (Å²) in [4.78, 5) is 26.9. The molecule has 1 fully saturated rings. The molecule has 1 saturated heterocycles. The van der Waals surface area contributed by atoms with Gasteiger partial charge in [-0.3, -0.25) is 9.59 Å². The predicted octanol–water partition coefficient (Wildman–Crippen LogP) is 3.28. The van der Waals surface area contributed by atoms with Gasteiger partial charge in [-0.15, -0.1) is 11.3 Å². The molecule has 1 aliphatic heterocycles. The number of hydrogen-bond acceptors (Lipinski definition) is 3. The molecule has 23 heavy (non-hydrogen) atoms. The van der Waals surface area contributed by atoms with Crippen molar-refractivity contribution >= 4 is 33.2 Å². The molecule has 2 aromatic rings. The minimum Gasteiger partial charge on any atom is -0.356 e. The van der Waals surface area contributed by atoms with Crippen molar-refractivity contribution in [3.05, 3.63) is 35.2 Å². The smallest absolute Gasteiger partial charge is 0.253 e. The quantitative estimate of drug-likeness (QED) is 0.935. The molecule has 3 rings (SSSR count). The van der Waals surface area contributed by atoms with Crippen LogP contribution in [0.4, 0.5) is 0 Å². The molecule has 0 aliphatic carbocycles. The lowest BCUT2D eigenvalue weighted by molar-refractivity contribution is -0.129. The second kappa shape index (κ2) is 6.32. The van der Waals surface area contributed by atoms with Gasteiger partial charge in [0.15, 0.2) is 0 Å². The van der Waals surface area contributed by atoms with Crippen molar-refractivity contribution in [1.82, 2.24) is 10.2 Å². The Morgan fingerprint density at radius 3 is 2.96 bits per heavy atom. The highest BCUT2D eigenvalue weighted by molar-refractivity contribution is 7.17. The molecule has 1 unspecified atom stereocenters. The van der Waals surface area contributed by atoms with Gasteiger partial charge < -0.3 is 10.2 Å². The van der Waals surface area contributed by atoms with Crippen LogP contribution in [0.5, 0.6) is 0 Å². The van der Waals surface area contributed by atoms with Crippen LogP contribution < -0.4 is 5.32 Å². The van der Waals surface area contributed by atoms with E-state index in [2.05, 4.69) is 5.32 Å². The van der Waals surface area contributed by atoms with Gasteiger partial charge >= 0.3 is 0 Å². The fraction of sp³-hybridized carbons (Fsp3) is 0.444. The summed E-state index contributed by atoms with van der Waals surface area (Å²) >= 11 is 1.67. The summed E-state index contributed by atoms with van der Waals surface area (Å²) in [7, 11) is 0. The van der Waals surface area contributed by atoms with Gasteiger partial charge in [-0.05, 0) is 54.8 Å². The van der Waals surface area contributed by atoms with Gasteiger partial charge in [0, 0.05) is 29.9 Å². The lowest BCUT2D eigenvalue weighted by Crippen LogP contribution is -2.42. The third kappa shape index (κ3) is 3.11. The molecule has 122 valence electrons. The van der Waals surface area contributed by atoms with Gasteiger partial charge in [0.25, 0.3) is 5.91 Å². The van der Waals surface area contributed by atoms with Gasteiger partial charge in [-0.2, -0.15) is 0 Å². The third-order valence-electron chi connectivity index (χ3n) is 4.54. The second-order valence-electron chi connectivity index (χ2n) is 6.47. The first-order valence-electron chi connectivity index (χ1n) is 8.08. The van der Waals surface area contributed by atoms with Gasteiger partial charge in [0.05, 0.1) is 5.41 Å². The molecule has 1 N–H and O–H groups in total. The first-order chi connectivity index (χ1) is 11.0. The number of fused-ring (bicyclic) bond motifs is 1. The Morgan fingerprint density at radius 2 is 2.17 bits per heavy atom. The predicted molar refractivity (Wildman–Crippen MR) is 93.8 cm³/mol. The highest BCUT2D eigenvalue weighted by atomic mass is 32.1. The Labute approximate surface area is 140 Å². The normalized spacial score (nSPS) is 20.9. The Kier molecular flexibility index (Phi) is 4.39. The van der Waals surface area contributed by atoms with Crippen molar-refractivity contribution in [3.63, 3.8) is 0 Å². The van der Waals surface area contributed by atoms with E-state index < -0.39 is 5.41 Å². The van der Waals surface area contributed by atoms with Crippen LogP contribution in [0, 0.1) is 5.41 Å². The topological polar surface area (TPSA) is 49.4 Å². The van der Waals surface area contributed by atoms with Crippen LogP contribution in [0.25, 0.3) is 10.1 Å². The Morgan fingerprint density at radius 1 is 1.35 bits per heavy atom. The van der Waals surface area contributed by atoms with E-state index in [0.29, 0.717) is 25.2 Å². The number of carbonyl (C=O) groups is 2. The van der Waals surface area contributed by atoms with E-state index in [1.807, 2.05) is 43.5 Å². The van der Waals surface area contributed by atoms with Crippen LogP contribution in [-0.2, 0) is 4.79 Å². The maximum Gasteiger partial charge on any atom is 0.253 e. The summed E-state index contributed by atoms with van der Waals surface area (Å²) in [5.74, 6) is 0.0769. The molecule has 0 radical (unpaired) electrons. The molecule has 1 atom stereocenters. The number of carbonyl (C=O) groups excluding carboxylic acids is 2. The molecule has 4 nitrogen and oxygen atoms in total. The number of benzene rings is 1. The highest BCUT2D eigenvalue weighted by Gasteiger charge is 2.41. The average Bonchev–Trinajstić information content (AvgIpc) is 3.18. The fourth-order valence-corrected chi connectivity index (χ4v) is 3.82. The first-order valence-corrected chi connectivity index (χ1v) is 8.96. The highest BCUT2D eigenvalue weighted by Crippen LogP contribution is 2.31. The molecule has 1 aliphatic rings. The lowest BCUT2D eigenvalue weighted by Gasteiger charge is -2.23. The Bertz CT molecular complexity index is 739. The molecule has 0 bridgehead atoms. The molecule has 0 spiro atoms. The van der Waals surface area contributed by atoms with Crippen LogP contribution in [0.15, 0.2) is 29.6 Å². The molecule has 1 aromatic heterocycles. The summed E-state index contributed by atoms with van der Waals surface area (Å²) in [6.07, 6.45) is 1.64. The zero-order chi connectivity index (χ0) is 16.4. The lowest BCUT2D eigenvalue weighted by atomic mass is 9.88. The number of likely N-dealkylation sites (tertiary alicyclic amines) is 1. The van der Waals surface area contributed by atoms with Crippen molar-refractivity contribution in [2.45, 2.75) is 26.7 Å². The molecule has 1 aromatic carbocycles. The molecule has 0 saturated carbocycles. The van der Waals surface area contributed by atoms with Crippen molar-refractivity contribution in [3.8, 4) is 0 Å². The first kappa shape index (κ1) is 16.0. The van der Waals surface area contributed by atoms with Crippen LogP contribution in [0.3, 0.4) is 0 Å². The van der Waals surface area contributed by atoms with Crippen LogP contribution >= 0.6 is 11.3 Å². The zero-order valence-corrected chi connectivity index (χ0v) is 14.4. The molecular weight excluding hydrogens is 308 g/mol. The molecule has 2 amide bonds. The zero-order valence-electron chi connectivity index (χ0n) is 13.6. The van der Waals surface area contributed by atoms with Gasteiger partial charge in [0.1, 0.15) is 0 Å². The fourth-order valence-electron chi connectivity index (χ4n) is 3.05. The minimum absolute atomic E-state index is 0.0186. The number of amides is 2. The maximum absolute atomic E-state index is 12.7. The number of nitrogens with zero attached hydrogens (tertiary/aromatic N) is 1. The van der Waals surface area contributed by atoms with Crippen LogP contribution in [0.1, 0.15) is 37.0 Å². The van der Waals surface area contributed by atoms with Gasteiger partial charge in [-0.25, -0.2) is 0 Å². The molecule has 5 heteroatoms. The number of rotatable bonds is 4. The van der Waals surface area contributed by atoms with E-state index in [4.69, 9.17) is 0 Å². The van der Waals surface area contributed by atoms with Gasteiger partial charge in [-0.1, -0.05) is 6.92 Å². The third-order valence-corrected chi connectivity index (χ3v) is 5.44. The van der Waals surface area contributed by atoms with Crippen LogP contribution in [-0.4, -0.2) is 36.3 Å². The van der Waals surface area contributed by atoms with Crippen molar-refractivity contribution in [2.75, 3.05) is 19.6 Å². The van der Waals surface area contributed by atoms with Crippen molar-refractivity contribution in [1.29, 1.82) is 0 Å². The largest absolute Gasteiger partial charge is 0.356 e. The number of hydrogen-bond donors (Lipinski definition) is 1. The summed E-state index contributed by atoms with van der Waals surface area (Å²) in [5.41, 5.74) is 0.228. The van der Waals surface area contributed by atoms with Crippen molar-refractivity contribution in [2.24, 2.45) is 5.41 Å². The average molecular weight is 330 g/mol. The van der Waals surface area contributed by atoms with E-state index in [1.165, 1.54) is 4.70 Å². The van der Waals surface area contributed by atoms with Crippen molar-refractivity contribution < 1.29 is 9.59 Å². The molecule has 2 heterocycles. The molecular formula is C18H22N2O2S. The minimum atomic E-state index is -0.475. The Balaban J connectivity index is 1.72. The number of thiophene rings is 1.